The van der Waals surface area contributed by atoms with Gasteiger partial charge in [0.25, 0.3) is 6.47 Å². The first-order valence-corrected chi connectivity index (χ1v) is 9.35. The van der Waals surface area contributed by atoms with E-state index in [0.717, 1.165) is 37.7 Å². The lowest BCUT2D eigenvalue weighted by Gasteiger charge is -2.36. The summed E-state index contributed by atoms with van der Waals surface area (Å²) in [6, 6.07) is 6.33. The molecule has 5 nitrogen and oxygen atoms in total. The monoisotopic (exact) mass is 367 g/mol. The van der Waals surface area contributed by atoms with Crippen LogP contribution in [-0.4, -0.2) is 56.2 Å². The number of halogens is 1. The lowest BCUT2D eigenvalue weighted by molar-refractivity contribution is -0.138. The Hall–Kier alpha value is -1.30. The summed E-state index contributed by atoms with van der Waals surface area (Å²) in [5, 5.41) is 4.24. The van der Waals surface area contributed by atoms with Gasteiger partial charge >= 0.3 is 0 Å². The minimum absolute atomic E-state index is 0.318. The van der Waals surface area contributed by atoms with Gasteiger partial charge in [0.15, 0.2) is 0 Å². The van der Waals surface area contributed by atoms with Gasteiger partial charge < -0.3 is 15.0 Å². The van der Waals surface area contributed by atoms with Crippen molar-refractivity contribution in [3.8, 4) is 0 Å². The quantitative estimate of drug-likeness (QED) is 0.829. The number of nitrogens with one attached hydrogen (secondary N) is 1. The van der Waals surface area contributed by atoms with E-state index in [4.69, 9.17) is 11.6 Å². The Kier molecular flexibility index (Phi) is 7.54. The molecule has 2 aliphatic rings. The SMILES string of the molecule is CC(C)(C)OC=O.Clc1ccc(CN2CCNCC2)c(N2CCC2)c1. The fourth-order valence-corrected chi connectivity index (χ4v) is 2.94. The molecule has 1 aromatic carbocycles. The second kappa shape index (κ2) is 9.41. The Labute approximate surface area is 156 Å². The van der Waals surface area contributed by atoms with Gasteiger partial charge in [-0.2, -0.15) is 0 Å². The molecule has 1 N–H and O–H groups in total. The predicted molar refractivity (Wildman–Crippen MR) is 103 cm³/mol. The molecule has 1 aromatic rings. The summed E-state index contributed by atoms with van der Waals surface area (Å²) in [6.45, 7) is 13.8. The standard InChI is InChI=1S/C14H20ClN3.C5H10O2/c15-13-3-2-12(11-17-8-4-16-5-9-17)14(10-13)18-6-1-7-18;1-5(2,3)7-4-6/h2-3,10,16H,1,4-9,11H2;4H,1-3H3. The molecular formula is C19H30ClN3O2. The van der Waals surface area contributed by atoms with E-state index in [-0.39, 0.29) is 5.60 Å². The molecule has 6 heteroatoms. The van der Waals surface area contributed by atoms with Crippen molar-refractivity contribution in [2.24, 2.45) is 0 Å². The topological polar surface area (TPSA) is 44.8 Å². The third kappa shape index (κ3) is 6.84. The molecule has 0 bridgehead atoms. The minimum Gasteiger partial charge on any atom is -0.462 e. The summed E-state index contributed by atoms with van der Waals surface area (Å²) in [4.78, 5) is 14.5. The number of rotatable bonds is 4. The maximum absolute atomic E-state index is 9.60. The van der Waals surface area contributed by atoms with Crippen LogP contribution in [0.3, 0.4) is 0 Å². The molecular weight excluding hydrogens is 338 g/mol. The van der Waals surface area contributed by atoms with E-state index in [9.17, 15) is 4.79 Å². The maximum Gasteiger partial charge on any atom is 0.293 e. The second-order valence-corrected chi connectivity index (χ2v) is 7.90. The Bertz CT molecular complexity index is 550. The van der Waals surface area contributed by atoms with Crippen LogP contribution in [0.15, 0.2) is 18.2 Å². The first-order valence-electron chi connectivity index (χ1n) is 8.97. The van der Waals surface area contributed by atoms with Gasteiger partial charge in [-0.15, -0.1) is 0 Å². The van der Waals surface area contributed by atoms with Crippen molar-refractivity contribution < 1.29 is 9.53 Å². The van der Waals surface area contributed by atoms with E-state index in [2.05, 4.69) is 32.0 Å². The van der Waals surface area contributed by atoms with Gasteiger partial charge in [-0.05, 0) is 44.9 Å². The highest BCUT2D eigenvalue weighted by atomic mass is 35.5. The second-order valence-electron chi connectivity index (χ2n) is 7.47. The number of benzene rings is 1. The number of ether oxygens (including phenoxy) is 1. The van der Waals surface area contributed by atoms with Crippen molar-refractivity contribution in [1.29, 1.82) is 0 Å². The molecule has 0 atom stereocenters. The maximum atomic E-state index is 9.60. The van der Waals surface area contributed by atoms with Crippen LogP contribution in [0, 0.1) is 0 Å². The zero-order chi connectivity index (χ0) is 18.3. The third-order valence-electron chi connectivity index (χ3n) is 4.25. The zero-order valence-corrected chi connectivity index (χ0v) is 16.3. The van der Waals surface area contributed by atoms with Crippen molar-refractivity contribution in [3.05, 3.63) is 28.8 Å². The highest BCUT2D eigenvalue weighted by Gasteiger charge is 2.19. The molecule has 25 heavy (non-hydrogen) atoms. The van der Waals surface area contributed by atoms with Gasteiger partial charge in [-0.3, -0.25) is 9.69 Å². The Morgan fingerprint density at radius 1 is 1.20 bits per heavy atom. The van der Waals surface area contributed by atoms with Crippen LogP contribution in [0.25, 0.3) is 0 Å². The summed E-state index contributed by atoms with van der Waals surface area (Å²) in [7, 11) is 0. The number of piperazine rings is 1. The fraction of sp³-hybridized carbons (Fsp3) is 0.632. The average Bonchev–Trinajstić information content (AvgIpc) is 2.49. The van der Waals surface area contributed by atoms with Gasteiger partial charge in [0.05, 0.1) is 0 Å². The molecule has 0 amide bonds. The molecule has 0 aromatic heterocycles. The highest BCUT2D eigenvalue weighted by Crippen LogP contribution is 2.29. The Balaban J connectivity index is 0.000000277. The predicted octanol–water partition coefficient (Wildman–Crippen LogP) is 2.91. The van der Waals surface area contributed by atoms with Gasteiger partial charge in [0, 0.05) is 56.5 Å². The Morgan fingerprint density at radius 2 is 1.88 bits per heavy atom. The molecule has 2 heterocycles. The van der Waals surface area contributed by atoms with Crippen LogP contribution in [0.1, 0.15) is 32.8 Å². The van der Waals surface area contributed by atoms with Gasteiger partial charge in [-0.1, -0.05) is 17.7 Å². The lowest BCUT2D eigenvalue weighted by atomic mass is 10.1. The van der Waals surface area contributed by atoms with Crippen LogP contribution in [-0.2, 0) is 16.1 Å². The number of hydrogen-bond acceptors (Lipinski definition) is 5. The Morgan fingerprint density at radius 3 is 2.36 bits per heavy atom. The van der Waals surface area contributed by atoms with Crippen LogP contribution >= 0.6 is 11.6 Å². The summed E-state index contributed by atoms with van der Waals surface area (Å²) in [6.07, 6.45) is 1.31. The lowest BCUT2D eigenvalue weighted by Crippen LogP contribution is -2.43. The molecule has 0 unspecified atom stereocenters. The van der Waals surface area contributed by atoms with Crippen molar-refractivity contribution in [2.45, 2.75) is 39.3 Å². The zero-order valence-electron chi connectivity index (χ0n) is 15.6. The molecule has 2 saturated heterocycles. The molecule has 0 radical (unpaired) electrons. The van der Waals surface area contributed by atoms with E-state index in [1.165, 1.54) is 30.8 Å². The summed E-state index contributed by atoms with van der Waals surface area (Å²) in [5.74, 6) is 0. The fourth-order valence-electron chi connectivity index (χ4n) is 2.78. The first kappa shape index (κ1) is 20.0. The molecule has 0 spiro atoms. The van der Waals surface area contributed by atoms with Crippen LogP contribution in [0.2, 0.25) is 5.02 Å². The van der Waals surface area contributed by atoms with Crippen molar-refractivity contribution in [3.63, 3.8) is 0 Å². The van der Waals surface area contributed by atoms with Crippen LogP contribution < -0.4 is 10.2 Å². The number of hydrogen-bond donors (Lipinski definition) is 1. The smallest absolute Gasteiger partial charge is 0.293 e. The molecule has 0 saturated carbocycles. The number of carbonyl (C=O) groups is 1. The molecule has 2 aliphatic heterocycles. The highest BCUT2D eigenvalue weighted by molar-refractivity contribution is 6.30. The van der Waals surface area contributed by atoms with Crippen molar-refractivity contribution in [1.82, 2.24) is 10.2 Å². The van der Waals surface area contributed by atoms with Crippen LogP contribution in [0.5, 0.6) is 0 Å². The van der Waals surface area contributed by atoms with Crippen molar-refractivity contribution in [2.75, 3.05) is 44.2 Å². The van der Waals surface area contributed by atoms with Gasteiger partial charge in [0.1, 0.15) is 5.60 Å². The summed E-state index contributed by atoms with van der Waals surface area (Å²) in [5.41, 5.74) is 2.44. The minimum atomic E-state index is -0.318. The van der Waals surface area contributed by atoms with E-state index in [0.29, 0.717) is 6.47 Å². The van der Waals surface area contributed by atoms with E-state index in [1.807, 2.05) is 26.8 Å². The number of anilines is 1. The normalized spacial score (nSPS) is 18.0. The van der Waals surface area contributed by atoms with Gasteiger partial charge in [0.2, 0.25) is 0 Å². The molecule has 140 valence electrons. The van der Waals surface area contributed by atoms with E-state index >= 15 is 0 Å². The third-order valence-corrected chi connectivity index (χ3v) is 4.48. The molecule has 0 aliphatic carbocycles. The first-order chi connectivity index (χ1) is 11.9. The summed E-state index contributed by atoms with van der Waals surface area (Å²) < 4.78 is 4.55. The van der Waals surface area contributed by atoms with E-state index < -0.39 is 0 Å². The van der Waals surface area contributed by atoms with Crippen molar-refractivity contribution >= 4 is 23.8 Å². The summed E-state index contributed by atoms with van der Waals surface area (Å²) >= 11 is 6.13. The average molecular weight is 368 g/mol. The largest absolute Gasteiger partial charge is 0.462 e. The molecule has 3 rings (SSSR count). The van der Waals surface area contributed by atoms with Gasteiger partial charge in [-0.25, -0.2) is 0 Å². The number of carbonyl (C=O) groups excluding carboxylic acids is 1. The number of nitrogens with zero attached hydrogens (tertiary/aromatic N) is 2. The van der Waals surface area contributed by atoms with Crippen LogP contribution in [0.4, 0.5) is 5.69 Å². The molecule has 2 fully saturated rings. The van der Waals surface area contributed by atoms with E-state index in [1.54, 1.807) is 0 Å².